The SMILES string of the molecule is CC(C)NCC1CCN(Cc2ccncn2)C1. The number of hydrogen-bond donors (Lipinski definition) is 1. The van der Waals surface area contributed by atoms with Gasteiger partial charge in [0.15, 0.2) is 0 Å². The Hall–Kier alpha value is -1.00. The van der Waals surface area contributed by atoms with Crippen molar-refractivity contribution in [3.63, 3.8) is 0 Å². The van der Waals surface area contributed by atoms with Crippen LogP contribution < -0.4 is 5.32 Å². The lowest BCUT2D eigenvalue weighted by Gasteiger charge is -2.16. The molecule has 94 valence electrons. The van der Waals surface area contributed by atoms with Crippen LogP contribution in [0.3, 0.4) is 0 Å². The molecule has 1 aliphatic rings. The largest absolute Gasteiger partial charge is 0.314 e. The number of aromatic nitrogens is 2. The van der Waals surface area contributed by atoms with E-state index in [2.05, 4.69) is 34.0 Å². The first-order valence-corrected chi connectivity index (χ1v) is 6.44. The second-order valence-corrected chi connectivity index (χ2v) is 5.15. The van der Waals surface area contributed by atoms with Crippen molar-refractivity contribution >= 4 is 0 Å². The minimum Gasteiger partial charge on any atom is -0.314 e. The summed E-state index contributed by atoms with van der Waals surface area (Å²) in [6.45, 7) is 8.87. The van der Waals surface area contributed by atoms with E-state index in [-0.39, 0.29) is 0 Å². The van der Waals surface area contributed by atoms with Crippen LogP contribution >= 0.6 is 0 Å². The quantitative estimate of drug-likeness (QED) is 0.833. The molecule has 1 aliphatic heterocycles. The molecule has 0 saturated carbocycles. The summed E-state index contributed by atoms with van der Waals surface area (Å²) in [5.41, 5.74) is 1.12. The average Bonchev–Trinajstić information content (AvgIpc) is 2.75. The standard InChI is InChI=1S/C13H22N4/c1-11(2)15-7-12-4-6-17(8-12)9-13-3-5-14-10-16-13/h3,5,10-12,15H,4,6-9H2,1-2H3. The van der Waals surface area contributed by atoms with E-state index in [4.69, 9.17) is 0 Å². The van der Waals surface area contributed by atoms with Crippen LogP contribution in [-0.4, -0.2) is 40.5 Å². The van der Waals surface area contributed by atoms with E-state index in [0.29, 0.717) is 6.04 Å². The van der Waals surface area contributed by atoms with Gasteiger partial charge in [0.2, 0.25) is 0 Å². The fourth-order valence-corrected chi connectivity index (χ4v) is 2.27. The molecule has 4 nitrogen and oxygen atoms in total. The topological polar surface area (TPSA) is 41.0 Å². The van der Waals surface area contributed by atoms with Crippen molar-refractivity contribution in [3.05, 3.63) is 24.3 Å². The van der Waals surface area contributed by atoms with Crippen molar-refractivity contribution in [2.45, 2.75) is 32.9 Å². The number of rotatable bonds is 5. The minimum absolute atomic E-state index is 0.589. The van der Waals surface area contributed by atoms with Gasteiger partial charge in [-0.2, -0.15) is 0 Å². The van der Waals surface area contributed by atoms with E-state index >= 15 is 0 Å². The van der Waals surface area contributed by atoms with E-state index in [9.17, 15) is 0 Å². The van der Waals surface area contributed by atoms with Crippen LogP contribution in [-0.2, 0) is 6.54 Å². The van der Waals surface area contributed by atoms with E-state index in [1.807, 2.05) is 12.3 Å². The predicted molar refractivity (Wildman–Crippen MR) is 68.6 cm³/mol. The van der Waals surface area contributed by atoms with E-state index in [0.717, 1.165) is 24.7 Å². The Morgan fingerprint density at radius 1 is 1.53 bits per heavy atom. The van der Waals surface area contributed by atoms with Crippen LogP contribution in [0.4, 0.5) is 0 Å². The average molecular weight is 234 g/mol. The Morgan fingerprint density at radius 2 is 2.41 bits per heavy atom. The summed E-state index contributed by atoms with van der Waals surface area (Å²) in [4.78, 5) is 10.7. The Kier molecular flexibility index (Phi) is 4.45. The van der Waals surface area contributed by atoms with Crippen LogP contribution in [0.1, 0.15) is 26.0 Å². The molecule has 1 aromatic heterocycles. The zero-order valence-corrected chi connectivity index (χ0v) is 10.8. The predicted octanol–water partition coefficient (Wildman–Crippen LogP) is 1.30. The maximum atomic E-state index is 4.27. The second kappa shape index (κ2) is 6.07. The minimum atomic E-state index is 0.589. The summed E-state index contributed by atoms with van der Waals surface area (Å²) in [5.74, 6) is 0.791. The first kappa shape index (κ1) is 12.5. The first-order chi connectivity index (χ1) is 8.24. The molecule has 0 spiro atoms. The first-order valence-electron chi connectivity index (χ1n) is 6.44. The number of likely N-dealkylation sites (tertiary alicyclic amines) is 1. The molecule has 0 aromatic carbocycles. The summed E-state index contributed by atoms with van der Waals surface area (Å²) in [7, 11) is 0. The van der Waals surface area contributed by atoms with Gasteiger partial charge in [-0.1, -0.05) is 13.8 Å². The van der Waals surface area contributed by atoms with E-state index in [1.54, 1.807) is 6.33 Å². The summed E-state index contributed by atoms with van der Waals surface area (Å²) in [6, 6.07) is 2.59. The molecule has 1 fully saturated rings. The van der Waals surface area contributed by atoms with Crippen LogP contribution in [0.5, 0.6) is 0 Å². The third-order valence-electron chi connectivity index (χ3n) is 3.21. The molecule has 2 heterocycles. The van der Waals surface area contributed by atoms with Gasteiger partial charge >= 0.3 is 0 Å². The molecule has 1 atom stereocenters. The van der Waals surface area contributed by atoms with Gasteiger partial charge in [0.25, 0.3) is 0 Å². The third-order valence-corrected chi connectivity index (χ3v) is 3.21. The summed E-state index contributed by atoms with van der Waals surface area (Å²) >= 11 is 0. The summed E-state index contributed by atoms with van der Waals surface area (Å²) in [6.07, 6.45) is 4.74. The van der Waals surface area contributed by atoms with Crippen LogP contribution in [0.15, 0.2) is 18.6 Å². The molecule has 0 amide bonds. The molecule has 17 heavy (non-hydrogen) atoms. The maximum absolute atomic E-state index is 4.27. The van der Waals surface area contributed by atoms with Crippen LogP contribution in [0.25, 0.3) is 0 Å². The smallest absolute Gasteiger partial charge is 0.115 e. The zero-order chi connectivity index (χ0) is 12.1. The van der Waals surface area contributed by atoms with Crippen molar-refractivity contribution in [1.29, 1.82) is 0 Å². The second-order valence-electron chi connectivity index (χ2n) is 5.15. The van der Waals surface area contributed by atoms with Crippen molar-refractivity contribution in [1.82, 2.24) is 20.2 Å². The van der Waals surface area contributed by atoms with Gasteiger partial charge in [0.1, 0.15) is 6.33 Å². The van der Waals surface area contributed by atoms with E-state index in [1.165, 1.54) is 19.5 Å². The van der Waals surface area contributed by atoms with Crippen LogP contribution in [0.2, 0.25) is 0 Å². The van der Waals surface area contributed by atoms with Gasteiger partial charge in [0, 0.05) is 25.3 Å². The van der Waals surface area contributed by atoms with Gasteiger partial charge in [-0.15, -0.1) is 0 Å². The molecular formula is C13H22N4. The maximum Gasteiger partial charge on any atom is 0.115 e. The van der Waals surface area contributed by atoms with Crippen molar-refractivity contribution < 1.29 is 0 Å². The summed E-state index contributed by atoms with van der Waals surface area (Å²) < 4.78 is 0. The zero-order valence-electron chi connectivity index (χ0n) is 10.8. The Morgan fingerprint density at radius 3 is 3.12 bits per heavy atom. The van der Waals surface area contributed by atoms with Gasteiger partial charge < -0.3 is 5.32 Å². The Labute approximate surface area is 103 Å². The third kappa shape index (κ3) is 4.06. The molecule has 1 unspecified atom stereocenters. The number of nitrogens with one attached hydrogen (secondary N) is 1. The normalized spacial score (nSPS) is 21.2. The van der Waals surface area contributed by atoms with Gasteiger partial charge in [-0.05, 0) is 31.5 Å². The highest BCUT2D eigenvalue weighted by molar-refractivity contribution is 4.98. The highest BCUT2D eigenvalue weighted by Gasteiger charge is 2.22. The molecule has 0 radical (unpaired) electrons. The molecule has 1 saturated heterocycles. The van der Waals surface area contributed by atoms with Crippen molar-refractivity contribution in [2.75, 3.05) is 19.6 Å². The molecule has 1 aromatic rings. The van der Waals surface area contributed by atoms with Crippen molar-refractivity contribution in [2.24, 2.45) is 5.92 Å². The van der Waals surface area contributed by atoms with Gasteiger partial charge in [-0.25, -0.2) is 9.97 Å². The van der Waals surface area contributed by atoms with Gasteiger partial charge in [-0.3, -0.25) is 4.90 Å². The molecule has 0 bridgehead atoms. The molecule has 2 rings (SSSR count). The molecule has 1 N–H and O–H groups in total. The number of hydrogen-bond acceptors (Lipinski definition) is 4. The lowest BCUT2D eigenvalue weighted by Crippen LogP contribution is -2.30. The van der Waals surface area contributed by atoms with Gasteiger partial charge in [0.05, 0.1) is 5.69 Å². The lowest BCUT2D eigenvalue weighted by molar-refractivity contribution is 0.309. The molecule has 4 heteroatoms. The Balaban J connectivity index is 1.74. The monoisotopic (exact) mass is 234 g/mol. The summed E-state index contributed by atoms with van der Waals surface area (Å²) in [5, 5.41) is 3.52. The number of nitrogens with zero attached hydrogens (tertiary/aromatic N) is 3. The fourth-order valence-electron chi connectivity index (χ4n) is 2.27. The highest BCUT2D eigenvalue weighted by atomic mass is 15.2. The van der Waals surface area contributed by atoms with E-state index < -0.39 is 0 Å². The molecular weight excluding hydrogens is 212 g/mol. The Bertz CT molecular complexity index is 325. The fraction of sp³-hybridized carbons (Fsp3) is 0.692. The highest BCUT2D eigenvalue weighted by Crippen LogP contribution is 2.17. The van der Waals surface area contributed by atoms with Crippen molar-refractivity contribution in [3.8, 4) is 0 Å². The lowest BCUT2D eigenvalue weighted by atomic mass is 10.1. The van der Waals surface area contributed by atoms with Crippen LogP contribution in [0, 0.1) is 5.92 Å². The molecule has 0 aliphatic carbocycles.